The van der Waals surface area contributed by atoms with Gasteiger partial charge in [0, 0.05) is 32.5 Å². The molecule has 2 nitrogen and oxygen atoms in total. The lowest BCUT2D eigenvalue weighted by molar-refractivity contribution is -0.115. The topological polar surface area (TPSA) is 23.5 Å². The molecule has 1 N–H and O–H groups in total. The summed E-state index contributed by atoms with van der Waals surface area (Å²) in [4.78, 5) is 2.21. The van der Waals surface area contributed by atoms with Crippen LogP contribution in [-0.4, -0.2) is 42.2 Å². The number of nitrogens with zero attached hydrogens (tertiary/aromatic N) is 1. The van der Waals surface area contributed by atoms with Gasteiger partial charge in [0.2, 0.25) is 5.92 Å². The molecule has 2 aliphatic rings. The van der Waals surface area contributed by atoms with Crippen molar-refractivity contribution in [3.63, 3.8) is 0 Å². The predicted molar refractivity (Wildman–Crippen MR) is 49.3 cm³/mol. The van der Waals surface area contributed by atoms with E-state index in [-0.39, 0.29) is 25.4 Å². The summed E-state index contributed by atoms with van der Waals surface area (Å²) in [5.74, 6) is -1.83. The van der Waals surface area contributed by atoms with Gasteiger partial charge in [-0.3, -0.25) is 0 Å². The molecule has 0 spiro atoms. The highest BCUT2D eigenvalue weighted by molar-refractivity contribution is 4.89. The molecule has 1 aliphatic carbocycles. The van der Waals surface area contributed by atoms with Gasteiger partial charge in [0.25, 0.3) is 0 Å². The number of rotatable bonds is 3. The fourth-order valence-corrected chi connectivity index (χ4v) is 2.51. The molecule has 2 fully saturated rings. The maximum Gasteiger partial charge on any atom is 0.248 e. The fourth-order valence-electron chi connectivity index (χ4n) is 2.51. The van der Waals surface area contributed by atoms with E-state index in [0.29, 0.717) is 5.92 Å². The number of hydrogen-bond donors (Lipinski definition) is 1. The number of alkyl halides is 2. The van der Waals surface area contributed by atoms with Gasteiger partial charge in [0.15, 0.2) is 0 Å². The van der Waals surface area contributed by atoms with Crippen molar-refractivity contribution in [1.82, 2.24) is 4.90 Å². The van der Waals surface area contributed by atoms with Crippen LogP contribution in [0.5, 0.6) is 0 Å². The van der Waals surface area contributed by atoms with Crippen molar-refractivity contribution in [1.29, 1.82) is 0 Å². The number of halogens is 2. The first-order chi connectivity index (χ1) is 6.59. The average molecular weight is 205 g/mol. The Morgan fingerprint density at radius 2 is 2.00 bits per heavy atom. The second-order valence-electron chi connectivity index (χ2n) is 4.73. The van der Waals surface area contributed by atoms with Gasteiger partial charge in [-0.1, -0.05) is 0 Å². The van der Waals surface area contributed by atoms with E-state index in [2.05, 4.69) is 4.90 Å². The summed E-state index contributed by atoms with van der Waals surface area (Å²) in [6.45, 7) is 2.88. The highest BCUT2D eigenvalue weighted by Crippen LogP contribution is 2.42. The van der Waals surface area contributed by atoms with Crippen molar-refractivity contribution in [3.05, 3.63) is 0 Å². The minimum absolute atomic E-state index is 0.0628. The normalized spacial score (nSPS) is 33.2. The molecule has 82 valence electrons. The first kappa shape index (κ1) is 10.3. The lowest BCUT2D eigenvalue weighted by Gasteiger charge is -2.37. The van der Waals surface area contributed by atoms with Crippen molar-refractivity contribution in [2.24, 2.45) is 11.8 Å². The van der Waals surface area contributed by atoms with Gasteiger partial charge in [-0.2, -0.15) is 0 Å². The summed E-state index contributed by atoms with van der Waals surface area (Å²) in [7, 11) is 0. The lowest BCUT2D eigenvalue weighted by Crippen LogP contribution is -2.42. The first-order valence-electron chi connectivity index (χ1n) is 5.30. The molecule has 0 bridgehead atoms. The van der Waals surface area contributed by atoms with E-state index >= 15 is 0 Å². The molecule has 1 unspecified atom stereocenters. The molecule has 1 heterocycles. The molecule has 14 heavy (non-hydrogen) atoms. The Kier molecular flexibility index (Phi) is 2.75. The van der Waals surface area contributed by atoms with Gasteiger partial charge < -0.3 is 10.0 Å². The molecule has 1 saturated carbocycles. The molecular weight excluding hydrogens is 188 g/mol. The maximum absolute atomic E-state index is 12.5. The SMILES string of the molecule is OCC1CCN(CC2CC(F)(F)C2)C1. The van der Waals surface area contributed by atoms with Gasteiger partial charge in [-0.25, -0.2) is 8.78 Å². The van der Waals surface area contributed by atoms with E-state index in [0.717, 1.165) is 26.1 Å². The molecule has 1 atom stereocenters. The van der Waals surface area contributed by atoms with Crippen molar-refractivity contribution in [3.8, 4) is 0 Å². The van der Waals surface area contributed by atoms with Crippen LogP contribution < -0.4 is 0 Å². The van der Waals surface area contributed by atoms with Crippen molar-refractivity contribution in [2.75, 3.05) is 26.2 Å². The molecule has 0 aromatic rings. The van der Waals surface area contributed by atoms with E-state index in [1.165, 1.54) is 0 Å². The third kappa shape index (κ3) is 2.23. The zero-order valence-electron chi connectivity index (χ0n) is 8.25. The average Bonchev–Trinajstić information content (AvgIpc) is 2.49. The third-order valence-corrected chi connectivity index (χ3v) is 3.32. The summed E-state index contributed by atoms with van der Waals surface area (Å²) in [6.07, 6.45) is 1.14. The van der Waals surface area contributed by atoms with Gasteiger partial charge in [0.1, 0.15) is 0 Å². The van der Waals surface area contributed by atoms with Gasteiger partial charge >= 0.3 is 0 Å². The van der Waals surface area contributed by atoms with Crippen LogP contribution in [0.3, 0.4) is 0 Å². The van der Waals surface area contributed by atoms with Crippen LogP contribution in [0.4, 0.5) is 8.78 Å². The highest BCUT2D eigenvalue weighted by Gasteiger charge is 2.45. The van der Waals surface area contributed by atoms with Crippen LogP contribution in [0.1, 0.15) is 19.3 Å². The monoisotopic (exact) mass is 205 g/mol. The molecule has 0 amide bonds. The van der Waals surface area contributed by atoms with Crippen molar-refractivity contribution < 1.29 is 13.9 Å². The number of aliphatic hydroxyl groups is 1. The zero-order chi connectivity index (χ0) is 10.2. The number of likely N-dealkylation sites (tertiary alicyclic amines) is 1. The van der Waals surface area contributed by atoms with E-state index in [1.807, 2.05) is 0 Å². The minimum atomic E-state index is -2.39. The lowest BCUT2D eigenvalue weighted by atomic mass is 9.81. The fraction of sp³-hybridized carbons (Fsp3) is 1.00. The molecule has 0 radical (unpaired) electrons. The summed E-state index contributed by atoms with van der Waals surface area (Å²) < 4.78 is 25.1. The smallest absolute Gasteiger partial charge is 0.248 e. The number of aliphatic hydroxyl groups excluding tert-OH is 1. The largest absolute Gasteiger partial charge is 0.396 e. The van der Waals surface area contributed by atoms with Crippen LogP contribution >= 0.6 is 0 Å². The third-order valence-electron chi connectivity index (χ3n) is 3.32. The maximum atomic E-state index is 12.5. The Balaban J connectivity index is 1.68. The van der Waals surface area contributed by atoms with Crippen LogP contribution in [0.2, 0.25) is 0 Å². The van der Waals surface area contributed by atoms with E-state index < -0.39 is 5.92 Å². The van der Waals surface area contributed by atoms with Gasteiger partial charge in [-0.15, -0.1) is 0 Å². The van der Waals surface area contributed by atoms with Crippen molar-refractivity contribution >= 4 is 0 Å². The first-order valence-corrected chi connectivity index (χ1v) is 5.30. The van der Waals surface area contributed by atoms with E-state index in [4.69, 9.17) is 5.11 Å². The highest BCUT2D eigenvalue weighted by atomic mass is 19.3. The minimum Gasteiger partial charge on any atom is -0.396 e. The Morgan fingerprint density at radius 3 is 2.50 bits per heavy atom. The number of hydrogen-bond acceptors (Lipinski definition) is 2. The van der Waals surface area contributed by atoms with Crippen molar-refractivity contribution in [2.45, 2.75) is 25.2 Å². The summed E-state index contributed by atoms with van der Waals surface area (Å²) in [6, 6.07) is 0. The predicted octanol–water partition coefficient (Wildman–Crippen LogP) is 1.35. The Morgan fingerprint density at radius 1 is 1.29 bits per heavy atom. The van der Waals surface area contributed by atoms with Crippen LogP contribution in [0, 0.1) is 11.8 Å². The Hall–Kier alpha value is -0.220. The summed E-state index contributed by atoms with van der Waals surface area (Å²) in [5.41, 5.74) is 0. The molecule has 1 aliphatic heterocycles. The Labute approximate surface area is 82.9 Å². The summed E-state index contributed by atoms with van der Waals surface area (Å²) in [5, 5.41) is 8.93. The molecule has 4 heteroatoms. The van der Waals surface area contributed by atoms with Gasteiger partial charge in [-0.05, 0) is 24.8 Å². The molecule has 0 aromatic heterocycles. The molecule has 2 rings (SSSR count). The van der Waals surface area contributed by atoms with E-state index in [1.54, 1.807) is 0 Å². The second kappa shape index (κ2) is 3.74. The summed E-state index contributed by atoms with van der Waals surface area (Å²) >= 11 is 0. The quantitative estimate of drug-likeness (QED) is 0.751. The molecule has 0 aromatic carbocycles. The zero-order valence-corrected chi connectivity index (χ0v) is 8.25. The standard InChI is InChI=1S/C10H17F2NO/c11-10(12)3-9(4-10)6-13-2-1-8(5-13)7-14/h8-9,14H,1-7H2. The van der Waals surface area contributed by atoms with Crippen LogP contribution in [-0.2, 0) is 0 Å². The van der Waals surface area contributed by atoms with Crippen LogP contribution in [0.25, 0.3) is 0 Å². The Bertz CT molecular complexity index is 202. The second-order valence-corrected chi connectivity index (χ2v) is 4.73. The molecular formula is C10H17F2NO. The molecule has 1 saturated heterocycles. The van der Waals surface area contributed by atoms with E-state index in [9.17, 15) is 8.78 Å². The van der Waals surface area contributed by atoms with Gasteiger partial charge in [0.05, 0.1) is 0 Å². The van der Waals surface area contributed by atoms with Crippen LogP contribution in [0.15, 0.2) is 0 Å².